The highest BCUT2D eigenvalue weighted by Crippen LogP contribution is 2.23. The summed E-state index contributed by atoms with van der Waals surface area (Å²) < 4.78 is 1.07. The largest absolute Gasteiger partial charge is 0.365 e. The lowest BCUT2D eigenvalue weighted by Crippen LogP contribution is -2.28. The summed E-state index contributed by atoms with van der Waals surface area (Å²) in [4.78, 5) is 10.9. The van der Waals surface area contributed by atoms with Crippen molar-refractivity contribution in [3.05, 3.63) is 52.0 Å². The summed E-state index contributed by atoms with van der Waals surface area (Å²) in [6.07, 6.45) is 4.59. The number of benzene rings is 1. The molecule has 0 saturated carbocycles. The van der Waals surface area contributed by atoms with E-state index >= 15 is 0 Å². The van der Waals surface area contributed by atoms with Gasteiger partial charge in [0.15, 0.2) is 0 Å². The minimum atomic E-state index is 0.451. The van der Waals surface area contributed by atoms with Gasteiger partial charge < -0.3 is 5.32 Å². The van der Waals surface area contributed by atoms with Crippen molar-refractivity contribution in [3.63, 3.8) is 0 Å². The minimum absolute atomic E-state index is 0.451. The van der Waals surface area contributed by atoms with Gasteiger partial charge in [-0.3, -0.25) is 4.90 Å². The van der Waals surface area contributed by atoms with Crippen molar-refractivity contribution in [2.24, 2.45) is 0 Å². The van der Waals surface area contributed by atoms with Gasteiger partial charge in [0, 0.05) is 31.4 Å². The highest BCUT2D eigenvalue weighted by molar-refractivity contribution is 14.1. The molecule has 1 N–H and O–H groups in total. The molecule has 2 heterocycles. The number of hydrogen-bond donors (Lipinski definition) is 1. The second kappa shape index (κ2) is 6.70. The van der Waals surface area contributed by atoms with Gasteiger partial charge in [-0.2, -0.15) is 0 Å². The van der Waals surface area contributed by atoms with Crippen molar-refractivity contribution < 1.29 is 0 Å². The Balaban J connectivity index is 1.62. The predicted molar refractivity (Wildman–Crippen MR) is 93.1 cm³/mol. The van der Waals surface area contributed by atoms with E-state index in [-0.39, 0.29) is 0 Å². The maximum atomic E-state index is 4.33. The summed E-state index contributed by atoms with van der Waals surface area (Å²) in [6, 6.07) is 11.7. The van der Waals surface area contributed by atoms with Crippen LogP contribution in [0, 0.1) is 3.57 Å². The second-order valence-corrected chi connectivity index (χ2v) is 6.72. The monoisotopic (exact) mass is 394 g/mol. The Labute approximate surface area is 139 Å². The van der Waals surface area contributed by atoms with Crippen LogP contribution in [0.2, 0.25) is 0 Å². The summed E-state index contributed by atoms with van der Waals surface area (Å²) in [5.41, 5.74) is 1.38. The van der Waals surface area contributed by atoms with Crippen molar-refractivity contribution in [1.82, 2.24) is 14.9 Å². The predicted octanol–water partition coefficient (Wildman–Crippen LogP) is 3.16. The number of hydrogen-bond acceptors (Lipinski definition) is 4. The first kappa shape index (κ1) is 14.7. The molecule has 2 aromatic rings. The highest BCUT2D eigenvalue weighted by atomic mass is 127. The van der Waals surface area contributed by atoms with Crippen molar-refractivity contribution in [2.75, 3.05) is 11.9 Å². The Kier molecular flexibility index (Phi) is 4.70. The first-order chi connectivity index (χ1) is 10.2. The van der Waals surface area contributed by atoms with E-state index in [1.165, 1.54) is 5.56 Å². The molecule has 5 heteroatoms. The minimum Gasteiger partial charge on any atom is -0.365 e. The quantitative estimate of drug-likeness (QED) is 0.810. The fraction of sp³-hybridized carbons (Fsp3) is 0.375. The molecule has 0 radical (unpaired) electrons. The van der Waals surface area contributed by atoms with Crippen LogP contribution >= 0.6 is 22.6 Å². The standard InChI is InChI=1S/C16H19IN4/c1-12-7-14(20-16-15(17)8-18-11-19-16)10-21(12)9-13-5-3-2-4-6-13/h2-6,8,11-12,14H,7,9-10H2,1H3,(H,18,19,20). The van der Waals surface area contributed by atoms with Gasteiger partial charge in [-0.05, 0) is 41.5 Å². The van der Waals surface area contributed by atoms with Gasteiger partial charge >= 0.3 is 0 Å². The fourth-order valence-corrected chi connectivity index (χ4v) is 3.31. The number of rotatable bonds is 4. The molecular weight excluding hydrogens is 375 g/mol. The maximum absolute atomic E-state index is 4.33. The first-order valence-electron chi connectivity index (χ1n) is 7.22. The summed E-state index contributed by atoms with van der Waals surface area (Å²) in [7, 11) is 0. The molecule has 1 saturated heterocycles. The van der Waals surface area contributed by atoms with E-state index in [1.807, 2.05) is 6.20 Å². The lowest BCUT2D eigenvalue weighted by molar-refractivity contribution is 0.259. The van der Waals surface area contributed by atoms with Gasteiger partial charge in [-0.25, -0.2) is 9.97 Å². The third-order valence-electron chi connectivity index (χ3n) is 3.94. The SMILES string of the molecule is CC1CC(Nc2ncncc2I)CN1Cc1ccccc1. The van der Waals surface area contributed by atoms with Crippen LogP contribution < -0.4 is 5.32 Å². The van der Waals surface area contributed by atoms with E-state index in [4.69, 9.17) is 0 Å². The molecule has 2 atom stereocenters. The van der Waals surface area contributed by atoms with Crippen molar-refractivity contribution in [3.8, 4) is 0 Å². The van der Waals surface area contributed by atoms with E-state index in [1.54, 1.807) is 6.33 Å². The molecule has 1 aromatic carbocycles. The molecular formula is C16H19IN4. The second-order valence-electron chi connectivity index (χ2n) is 5.56. The van der Waals surface area contributed by atoms with Crippen LogP contribution in [0.15, 0.2) is 42.9 Å². The average Bonchev–Trinajstić information content (AvgIpc) is 2.82. The van der Waals surface area contributed by atoms with Crippen molar-refractivity contribution in [2.45, 2.75) is 32.0 Å². The zero-order chi connectivity index (χ0) is 14.7. The van der Waals surface area contributed by atoms with Gasteiger partial charge in [0.1, 0.15) is 12.1 Å². The summed E-state index contributed by atoms with van der Waals surface area (Å²) >= 11 is 2.27. The van der Waals surface area contributed by atoms with Crippen molar-refractivity contribution in [1.29, 1.82) is 0 Å². The molecule has 1 aliphatic rings. The molecule has 2 unspecified atom stereocenters. The Morgan fingerprint density at radius 2 is 2.14 bits per heavy atom. The normalized spacial score (nSPS) is 22.4. The van der Waals surface area contributed by atoms with Gasteiger partial charge in [0.25, 0.3) is 0 Å². The number of likely N-dealkylation sites (tertiary alicyclic amines) is 1. The molecule has 3 rings (SSSR count). The Morgan fingerprint density at radius 3 is 2.90 bits per heavy atom. The van der Waals surface area contributed by atoms with E-state index < -0.39 is 0 Å². The number of nitrogens with one attached hydrogen (secondary N) is 1. The summed E-state index contributed by atoms with van der Waals surface area (Å²) in [5, 5.41) is 3.56. The van der Waals surface area contributed by atoms with E-state index in [9.17, 15) is 0 Å². The zero-order valence-electron chi connectivity index (χ0n) is 12.0. The van der Waals surface area contributed by atoms with Crippen molar-refractivity contribution >= 4 is 28.4 Å². The zero-order valence-corrected chi connectivity index (χ0v) is 14.2. The van der Waals surface area contributed by atoms with E-state index in [0.717, 1.165) is 28.9 Å². The molecule has 0 bridgehead atoms. The number of aromatic nitrogens is 2. The molecule has 0 amide bonds. The summed E-state index contributed by atoms with van der Waals surface area (Å²) in [6.45, 7) is 4.37. The van der Waals surface area contributed by atoms with E-state index in [0.29, 0.717) is 12.1 Å². The smallest absolute Gasteiger partial charge is 0.143 e. The molecule has 4 nitrogen and oxygen atoms in total. The molecule has 1 aliphatic heterocycles. The van der Waals surface area contributed by atoms with Gasteiger partial charge in [0.2, 0.25) is 0 Å². The number of nitrogens with zero attached hydrogens (tertiary/aromatic N) is 3. The Morgan fingerprint density at radius 1 is 1.33 bits per heavy atom. The summed E-state index contributed by atoms with van der Waals surface area (Å²) in [5.74, 6) is 0.948. The van der Waals surface area contributed by atoms with Crippen LogP contribution in [-0.2, 0) is 6.54 Å². The molecule has 1 fully saturated rings. The lowest BCUT2D eigenvalue weighted by Gasteiger charge is -2.21. The third-order valence-corrected chi connectivity index (χ3v) is 4.73. The molecule has 21 heavy (non-hydrogen) atoms. The van der Waals surface area contributed by atoms with Crippen LogP contribution in [-0.4, -0.2) is 33.5 Å². The molecule has 1 aromatic heterocycles. The average molecular weight is 394 g/mol. The maximum Gasteiger partial charge on any atom is 0.143 e. The first-order valence-corrected chi connectivity index (χ1v) is 8.30. The van der Waals surface area contributed by atoms with Crippen LogP contribution in [0.3, 0.4) is 0 Å². The molecule has 0 spiro atoms. The topological polar surface area (TPSA) is 41.1 Å². The fourth-order valence-electron chi connectivity index (χ4n) is 2.85. The van der Waals surface area contributed by atoms with Crippen LogP contribution in [0.25, 0.3) is 0 Å². The number of anilines is 1. The van der Waals surface area contributed by atoms with Crippen LogP contribution in [0.4, 0.5) is 5.82 Å². The number of halogens is 1. The molecule has 110 valence electrons. The van der Waals surface area contributed by atoms with Gasteiger partial charge in [-0.1, -0.05) is 30.3 Å². The Hall–Kier alpha value is -1.21. The third kappa shape index (κ3) is 3.71. The lowest BCUT2D eigenvalue weighted by atomic mass is 10.2. The van der Waals surface area contributed by atoms with Crippen LogP contribution in [0.1, 0.15) is 18.9 Å². The van der Waals surface area contributed by atoms with Gasteiger partial charge in [0.05, 0.1) is 3.57 Å². The highest BCUT2D eigenvalue weighted by Gasteiger charge is 2.29. The van der Waals surface area contributed by atoms with Crippen LogP contribution in [0.5, 0.6) is 0 Å². The molecule has 0 aliphatic carbocycles. The van der Waals surface area contributed by atoms with E-state index in [2.05, 4.69) is 80.0 Å². The Bertz CT molecular complexity index is 590. The van der Waals surface area contributed by atoms with Gasteiger partial charge in [-0.15, -0.1) is 0 Å².